The van der Waals surface area contributed by atoms with Gasteiger partial charge >= 0.3 is 0 Å². The van der Waals surface area contributed by atoms with Gasteiger partial charge in [0.25, 0.3) is 0 Å². The third kappa shape index (κ3) is 4.94. The van der Waals surface area contributed by atoms with Crippen LogP contribution in [0.1, 0.15) is 70.6 Å². The molecule has 0 aromatic carbocycles. The quantitative estimate of drug-likeness (QED) is 0.758. The van der Waals surface area contributed by atoms with E-state index in [-0.39, 0.29) is 0 Å². The number of likely N-dealkylation sites (tertiary alicyclic amines) is 1. The lowest BCUT2D eigenvalue weighted by molar-refractivity contribution is 0.0894. The van der Waals surface area contributed by atoms with Crippen molar-refractivity contribution in [1.29, 1.82) is 0 Å². The van der Waals surface area contributed by atoms with Crippen molar-refractivity contribution < 1.29 is 5.11 Å². The lowest BCUT2D eigenvalue weighted by atomic mass is 9.83. The minimum absolute atomic E-state index is 0.361. The van der Waals surface area contributed by atoms with Gasteiger partial charge in [0.2, 0.25) is 0 Å². The van der Waals surface area contributed by atoms with Crippen LogP contribution in [-0.4, -0.2) is 48.3 Å². The molecule has 1 aliphatic heterocycles. The van der Waals surface area contributed by atoms with E-state index in [1.54, 1.807) is 0 Å². The van der Waals surface area contributed by atoms with Gasteiger partial charge in [-0.2, -0.15) is 0 Å². The highest BCUT2D eigenvalue weighted by Crippen LogP contribution is 2.30. The van der Waals surface area contributed by atoms with Crippen molar-refractivity contribution in [1.82, 2.24) is 10.2 Å². The van der Waals surface area contributed by atoms with Gasteiger partial charge in [-0.05, 0) is 56.8 Å². The molecule has 3 nitrogen and oxygen atoms in total. The summed E-state index contributed by atoms with van der Waals surface area (Å²) < 4.78 is 0. The van der Waals surface area contributed by atoms with Crippen molar-refractivity contribution in [2.75, 3.05) is 26.2 Å². The van der Waals surface area contributed by atoms with Crippen molar-refractivity contribution in [2.24, 2.45) is 11.8 Å². The largest absolute Gasteiger partial charge is 0.396 e. The molecule has 0 aromatic heterocycles. The molecule has 0 amide bonds. The van der Waals surface area contributed by atoms with Crippen LogP contribution in [0.5, 0.6) is 0 Å². The summed E-state index contributed by atoms with van der Waals surface area (Å²) in [5, 5.41) is 13.2. The van der Waals surface area contributed by atoms with E-state index in [1.807, 2.05) is 0 Å². The van der Waals surface area contributed by atoms with Crippen molar-refractivity contribution in [3.63, 3.8) is 0 Å². The lowest BCUT2D eigenvalue weighted by Crippen LogP contribution is -2.53. The van der Waals surface area contributed by atoms with Gasteiger partial charge in [-0.25, -0.2) is 0 Å². The van der Waals surface area contributed by atoms with E-state index in [0.29, 0.717) is 12.6 Å². The van der Waals surface area contributed by atoms with Gasteiger partial charge in [-0.15, -0.1) is 0 Å². The monoisotopic (exact) mass is 308 g/mol. The minimum atomic E-state index is 0.361. The molecule has 3 fully saturated rings. The molecule has 0 radical (unpaired) electrons. The molecule has 1 heterocycles. The molecule has 1 saturated heterocycles. The van der Waals surface area contributed by atoms with Crippen molar-refractivity contribution >= 4 is 0 Å². The highest BCUT2D eigenvalue weighted by atomic mass is 16.2. The number of aliphatic hydroxyl groups excluding tert-OH is 1. The molecule has 128 valence electrons. The predicted octanol–water partition coefficient (Wildman–Crippen LogP) is 3.17. The van der Waals surface area contributed by atoms with Gasteiger partial charge < -0.3 is 15.3 Å². The van der Waals surface area contributed by atoms with Crippen LogP contribution in [0.4, 0.5) is 0 Å². The highest BCUT2D eigenvalue weighted by Gasteiger charge is 2.31. The van der Waals surface area contributed by atoms with E-state index in [9.17, 15) is 0 Å². The van der Waals surface area contributed by atoms with Crippen LogP contribution < -0.4 is 5.32 Å². The molecule has 3 aliphatic rings. The van der Waals surface area contributed by atoms with Crippen molar-refractivity contribution in [3.05, 3.63) is 0 Å². The molecular weight excluding hydrogens is 272 g/mol. The smallest absolute Gasteiger partial charge is 0.0431 e. The summed E-state index contributed by atoms with van der Waals surface area (Å²) in [6.07, 6.45) is 15.0. The molecular formula is C19H36N2O. The van der Waals surface area contributed by atoms with E-state index in [2.05, 4.69) is 10.2 Å². The van der Waals surface area contributed by atoms with Crippen LogP contribution in [0.15, 0.2) is 0 Å². The van der Waals surface area contributed by atoms with Crippen LogP contribution in [0.25, 0.3) is 0 Å². The Bertz CT molecular complexity index is 313. The third-order valence-electron chi connectivity index (χ3n) is 6.20. The third-order valence-corrected chi connectivity index (χ3v) is 6.20. The first-order valence-corrected chi connectivity index (χ1v) is 9.92. The summed E-state index contributed by atoms with van der Waals surface area (Å²) in [6, 6.07) is 1.47. The van der Waals surface area contributed by atoms with Crippen LogP contribution in [0.2, 0.25) is 0 Å². The maximum atomic E-state index is 9.15. The fraction of sp³-hybridized carbons (Fsp3) is 1.00. The Balaban J connectivity index is 1.50. The van der Waals surface area contributed by atoms with Gasteiger partial charge in [0.05, 0.1) is 0 Å². The fourth-order valence-corrected chi connectivity index (χ4v) is 4.80. The maximum Gasteiger partial charge on any atom is 0.0431 e. The Hall–Kier alpha value is -0.120. The van der Waals surface area contributed by atoms with Crippen molar-refractivity contribution in [3.8, 4) is 0 Å². The molecule has 2 unspecified atom stereocenters. The van der Waals surface area contributed by atoms with Crippen LogP contribution in [-0.2, 0) is 0 Å². The molecule has 2 atom stereocenters. The summed E-state index contributed by atoms with van der Waals surface area (Å²) in [7, 11) is 0. The van der Waals surface area contributed by atoms with Crippen LogP contribution >= 0.6 is 0 Å². The molecule has 2 N–H and O–H groups in total. The number of aliphatic hydroxyl groups is 1. The van der Waals surface area contributed by atoms with E-state index in [0.717, 1.165) is 24.3 Å². The van der Waals surface area contributed by atoms with Crippen LogP contribution in [0.3, 0.4) is 0 Å². The molecule has 0 spiro atoms. The Morgan fingerprint density at radius 1 is 0.864 bits per heavy atom. The lowest BCUT2D eigenvalue weighted by Gasteiger charge is -2.42. The zero-order valence-electron chi connectivity index (χ0n) is 14.3. The minimum Gasteiger partial charge on any atom is -0.396 e. The molecule has 22 heavy (non-hydrogen) atoms. The normalized spacial score (nSPS) is 32.0. The van der Waals surface area contributed by atoms with Gasteiger partial charge in [-0.3, -0.25) is 0 Å². The number of nitrogens with one attached hydrogen (secondary N) is 1. The topological polar surface area (TPSA) is 35.5 Å². The standard InChI is InChI=1S/C19H36N2O/c22-11-5-8-17-12-19(20-18-9-2-1-3-10-18)15-21(14-17)13-16-6-4-7-16/h16-20,22H,1-15H2. The fourth-order valence-electron chi connectivity index (χ4n) is 4.80. The summed E-state index contributed by atoms with van der Waals surface area (Å²) in [5.74, 6) is 1.77. The van der Waals surface area contributed by atoms with Gasteiger partial charge in [0.1, 0.15) is 0 Å². The Kier molecular flexibility index (Phi) is 6.58. The first kappa shape index (κ1) is 16.7. The molecule has 3 rings (SSSR count). The molecule has 3 heteroatoms. The maximum absolute atomic E-state index is 9.15. The molecule has 0 bridgehead atoms. The van der Waals surface area contributed by atoms with Crippen molar-refractivity contribution in [2.45, 2.75) is 82.7 Å². The summed E-state index contributed by atoms with van der Waals surface area (Å²) in [5.41, 5.74) is 0. The van der Waals surface area contributed by atoms with Gasteiger partial charge in [0, 0.05) is 38.3 Å². The SMILES string of the molecule is OCCCC1CC(NC2CCCCC2)CN(CC2CCC2)C1. The first-order valence-electron chi connectivity index (χ1n) is 9.92. The molecule has 2 aliphatic carbocycles. The first-order chi connectivity index (χ1) is 10.8. The zero-order chi connectivity index (χ0) is 15.2. The van der Waals surface area contributed by atoms with Gasteiger partial charge in [-0.1, -0.05) is 25.7 Å². The van der Waals surface area contributed by atoms with E-state index in [1.165, 1.54) is 83.8 Å². The number of rotatable bonds is 7. The number of hydrogen-bond donors (Lipinski definition) is 2. The molecule has 0 aromatic rings. The number of hydrogen-bond acceptors (Lipinski definition) is 3. The van der Waals surface area contributed by atoms with E-state index < -0.39 is 0 Å². The second kappa shape index (κ2) is 8.65. The average molecular weight is 309 g/mol. The predicted molar refractivity (Wildman–Crippen MR) is 92.0 cm³/mol. The number of piperidine rings is 1. The number of nitrogens with zero attached hydrogens (tertiary/aromatic N) is 1. The highest BCUT2D eigenvalue weighted by molar-refractivity contribution is 4.88. The summed E-state index contributed by atoms with van der Waals surface area (Å²) in [6.45, 7) is 4.24. The average Bonchev–Trinajstić information content (AvgIpc) is 2.50. The Labute approximate surface area is 136 Å². The Morgan fingerprint density at radius 3 is 2.36 bits per heavy atom. The second-order valence-electron chi connectivity index (χ2n) is 8.18. The zero-order valence-corrected chi connectivity index (χ0v) is 14.3. The second-order valence-corrected chi connectivity index (χ2v) is 8.18. The molecule has 2 saturated carbocycles. The summed E-state index contributed by atoms with van der Waals surface area (Å²) >= 11 is 0. The summed E-state index contributed by atoms with van der Waals surface area (Å²) in [4.78, 5) is 2.75. The van der Waals surface area contributed by atoms with Gasteiger partial charge in [0.15, 0.2) is 0 Å². The Morgan fingerprint density at radius 2 is 1.68 bits per heavy atom. The van der Waals surface area contributed by atoms with E-state index >= 15 is 0 Å². The van der Waals surface area contributed by atoms with Crippen LogP contribution in [0, 0.1) is 11.8 Å². The van der Waals surface area contributed by atoms with E-state index in [4.69, 9.17) is 5.11 Å².